The van der Waals surface area contributed by atoms with Gasteiger partial charge in [-0.25, -0.2) is 4.39 Å². The Bertz CT molecular complexity index is 683. The van der Waals surface area contributed by atoms with Crippen LogP contribution in [-0.4, -0.2) is 59.1 Å². The molecular formula is C22H31FN2O2. The van der Waals surface area contributed by atoms with Gasteiger partial charge in [0, 0.05) is 43.2 Å². The van der Waals surface area contributed by atoms with Crippen LogP contribution in [0.4, 0.5) is 4.39 Å². The molecular weight excluding hydrogens is 343 g/mol. The summed E-state index contributed by atoms with van der Waals surface area (Å²) in [6.07, 6.45) is 7.42. The predicted octanol–water partition coefficient (Wildman–Crippen LogP) is 3.37. The molecule has 5 heteroatoms. The Morgan fingerprint density at radius 2 is 1.89 bits per heavy atom. The first kappa shape index (κ1) is 18.9. The topological polar surface area (TPSA) is 43.8 Å². The Balaban J connectivity index is 1.52. The molecule has 1 aromatic rings. The fraction of sp³-hybridized carbons (Fsp3) is 0.682. The largest absolute Gasteiger partial charge is 0.392 e. The highest BCUT2D eigenvalue weighted by molar-refractivity contribution is 5.94. The van der Waals surface area contributed by atoms with Crippen molar-refractivity contribution in [3.05, 3.63) is 35.1 Å². The molecule has 2 atom stereocenters. The first-order chi connectivity index (χ1) is 13.0. The summed E-state index contributed by atoms with van der Waals surface area (Å²) < 4.78 is 13.8. The average Bonchev–Trinajstić information content (AvgIpc) is 3.18. The summed E-state index contributed by atoms with van der Waals surface area (Å²) in [5.41, 5.74) is 0.939. The van der Waals surface area contributed by atoms with Gasteiger partial charge in [-0.2, -0.15) is 0 Å². The number of aryl methyl sites for hydroxylation is 1. The molecule has 0 radical (unpaired) electrons. The number of benzene rings is 1. The predicted molar refractivity (Wildman–Crippen MR) is 103 cm³/mol. The Morgan fingerprint density at radius 1 is 1.11 bits per heavy atom. The van der Waals surface area contributed by atoms with Gasteiger partial charge in [0.25, 0.3) is 5.91 Å². The number of nitrogens with zero attached hydrogens (tertiary/aromatic N) is 2. The van der Waals surface area contributed by atoms with Crippen molar-refractivity contribution >= 4 is 5.91 Å². The van der Waals surface area contributed by atoms with Crippen molar-refractivity contribution in [1.29, 1.82) is 0 Å². The van der Waals surface area contributed by atoms with E-state index in [1.165, 1.54) is 37.8 Å². The van der Waals surface area contributed by atoms with E-state index in [9.17, 15) is 14.3 Å². The number of rotatable bonds is 2. The molecule has 1 spiro atoms. The highest BCUT2D eigenvalue weighted by Crippen LogP contribution is 2.41. The maximum Gasteiger partial charge on any atom is 0.253 e. The van der Waals surface area contributed by atoms with Gasteiger partial charge in [0.2, 0.25) is 0 Å². The van der Waals surface area contributed by atoms with Gasteiger partial charge < -0.3 is 10.0 Å². The second-order valence-corrected chi connectivity index (χ2v) is 8.92. The van der Waals surface area contributed by atoms with E-state index in [0.29, 0.717) is 24.7 Å². The summed E-state index contributed by atoms with van der Waals surface area (Å²) in [4.78, 5) is 17.5. The smallest absolute Gasteiger partial charge is 0.253 e. The molecule has 27 heavy (non-hydrogen) atoms. The number of likely N-dealkylation sites (tertiary alicyclic amines) is 2. The molecule has 1 aromatic carbocycles. The molecule has 4 rings (SSSR count). The zero-order valence-corrected chi connectivity index (χ0v) is 16.3. The van der Waals surface area contributed by atoms with E-state index < -0.39 is 0 Å². The molecule has 148 valence electrons. The van der Waals surface area contributed by atoms with Crippen molar-refractivity contribution < 1.29 is 14.3 Å². The van der Waals surface area contributed by atoms with Crippen molar-refractivity contribution in [3.8, 4) is 0 Å². The van der Waals surface area contributed by atoms with Gasteiger partial charge in [0.15, 0.2) is 0 Å². The minimum atomic E-state index is -0.366. The fourth-order valence-corrected chi connectivity index (χ4v) is 5.54. The number of halogens is 1. The number of aliphatic hydroxyl groups excluding tert-OH is 1. The lowest BCUT2D eigenvalue weighted by atomic mass is 9.71. The van der Waals surface area contributed by atoms with Crippen LogP contribution in [0.2, 0.25) is 0 Å². The fourth-order valence-electron chi connectivity index (χ4n) is 5.54. The van der Waals surface area contributed by atoms with Gasteiger partial charge in [0.1, 0.15) is 5.82 Å². The van der Waals surface area contributed by atoms with E-state index in [0.717, 1.165) is 37.9 Å². The van der Waals surface area contributed by atoms with Crippen LogP contribution in [0.3, 0.4) is 0 Å². The Hall–Kier alpha value is -1.46. The molecule has 0 aromatic heterocycles. The van der Waals surface area contributed by atoms with E-state index in [4.69, 9.17) is 0 Å². The zero-order chi connectivity index (χ0) is 19.0. The number of piperidine rings is 2. The Kier molecular flexibility index (Phi) is 5.26. The highest BCUT2D eigenvalue weighted by Gasteiger charge is 2.47. The monoisotopic (exact) mass is 374 g/mol. The highest BCUT2D eigenvalue weighted by atomic mass is 19.1. The number of carbonyl (C=O) groups is 1. The molecule has 0 unspecified atom stereocenters. The van der Waals surface area contributed by atoms with Crippen LogP contribution in [-0.2, 0) is 0 Å². The van der Waals surface area contributed by atoms with Crippen molar-refractivity contribution in [2.45, 2.75) is 64.0 Å². The molecule has 1 amide bonds. The zero-order valence-electron chi connectivity index (χ0n) is 16.3. The molecule has 1 saturated carbocycles. The Labute approximate surface area is 161 Å². The van der Waals surface area contributed by atoms with Crippen LogP contribution in [0.5, 0.6) is 0 Å². The van der Waals surface area contributed by atoms with Crippen molar-refractivity contribution in [3.63, 3.8) is 0 Å². The van der Waals surface area contributed by atoms with Gasteiger partial charge >= 0.3 is 0 Å². The molecule has 0 bridgehead atoms. The first-order valence-electron chi connectivity index (χ1n) is 10.5. The number of hydrogen-bond donors (Lipinski definition) is 1. The second-order valence-electron chi connectivity index (χ2n) is 8.92. The number of hydrogen-bond acceptors (Lipinski definition) is 3. The van der Waals surface area contributed by atoms with Crippen LogP contribution in [0.1, 0.15) is 60.9 Å². The van der Waals surface area contributed by atoms with Gasteiger partial charge in [-0.1, -0.05) is 12.8 Å². The summed E-state index contributed by atoms with van der Waals surface area (Å²) >= 11 is 0. The van der Waals surface area contributed by atoms with E-state index >= 15 is 0 Å². The van der Waals surface area contributed by atoms with E-state index in [2.05, 4.69) is 4.90 Å². The minimum absolute atomic E-state index is 0.109. The molecule has 3 fully saturated rings. The van der Waals surface area contributed by atoms with Gasteiger partial charge in [0.05, 0.1) is 6.10 Å². The third-order valence-corrected chi connectivity index (χ3v) is 6.94. The van der Waals surface area contributed by atoms with Crippen LogP contribution in [0.15, 0.2) is 18.2 Å². The van der Waals surface area contributed by atoms with Gasteiger partial charge in [-0.05, 0) is 62.8 Å². The number of aliphatic hydroxyl groups is 1. The minimum Gasteiger partial charge on any atom is -0.392 e. The van der Waals surface area contributed by atoms with Crippen molar-refractivity contribution in [1.82, 2.24) is 9.80 Å². The van der Waals surface area contributed by atoms with Crippen molar-refractivity contribution in [2.24, 2.45) is 5.41 Å². The Morgan fingerprint density at radius 3 is 2.63 bits per heavy atom. The van der Waals surface area contributed by atoms with Crippen LogP contribution >= 0.6 is 0 Å². The third-order valence-electron chi connectivity index (χ3n) is 6.94. The van der Waals surface area contributed by atoms with Crippen molar-refractivity contribution in [2.75, 3.05) is 26.2 Å². The van der Waals surface area contributed by atoms with E-state index in [1.807, 2.05) is 11.8 Å². The maximum absolute atomic E-state index is 13.8. The number of amides is 1. The lowest BCUT2D eigenvalue weighted by Gasteiger charge is -2.52. The van der Waals surface area contributed by atoms with Crippen LogP contribution in [0, 0.1) is 18.2 Å². The van der Waals surface area contributed by atoms with Gasteiger partial charge in [-0.15, -0.1) is 0 Å². The standard InChI is InChI=1S/C22H31FN2O2/c1-16-11-17(13-18(23)12-16)21(27)25-9-4-8-22(15-25)14-24(10-7-20(22)26)19-5-2-3-6-19/h11-13,19-20,26H,2-10,14-15H2,1H3/t20-,22-/m1/s1. The number of carbonyl (C=O) groups excluding carboxylic acids is 1. The van der Waals surface area contributed by atoms with Gasteiger partial charge in [-0.3, -0.25) is 9.69 Å². The quantitative estimate of drug-likeness (QED) is 0.863. The normalized spacial score (nSPS) is 30.2. The molecule has 2 aliphatic heterocycles. The SMILES string of the molecule is Cc1cc(F)cc(C(=O)N2CCC[C@]3(C2)CN(C2CCCC2)CC[C@H]3O)c1. The first-order valence-corrected chi connectivity index (χ1v) is 10.5. The molecule has 1 N–H and O–H groups in total. The molecule has 2 heterocycles. The summed E-state index contributed by atoms with van der Waals surface area (Å²) in [7, 11) is 0. The van der Waals surface area contributed by atoms with Crippen LogP contribution in [0.25, 0.3) is 0 Å². The molecule has 1 aliphatic carbocycles. The summed E-state index contributed by atoms with van der Waals surface area (Å²) in [6, 6.07) is 5.18. The molecule has 2 saturated heterocycles. The lowest BCUT2D eigenvalue weighted by Crippen LogP contribution is -2.61. The average molecular weight is 375 g/mol. The lowest BCUT2D eigenvalue weighted by molar-refractivity contribution is -0.0872. The summed E-state index contributed by atoms with van der Waals surface area (Å²) in [5, 5.41) is 10.9. The third kappa shape index (κ3) is 3.77. The summed E-state index contributed by atoms with van der Waals surface area (Å²) in [5.74, 6) is -0.475. The molecule has 4 nitrogen and oxygen atoms in total. The van der Waals surface area contributed by atoms with E-state index in [-0.39, 0.29) is 23.2 Å². The summed E-state index contributed by atoms with van der Waals surface area (Å²) in [6.45, 7) is 4.91. The maximum atomic E-state index is 13.8. The van der Waals surface area contributed by atoms with Crippen LogP contribution < -0.4 is 0 Å². The second kappa shape index (κ2) is 7.51. The molecule has 3 aliphatic rings. The van der Waals surface area contributed by atoms with E-state index in [1.54, 1.807) is 6.07 Å².